The number of ether oxygens (including phenoxy) is 1. The van der Waals surface area contributed by atoms with Gasteiger partial charge in [0.1, 0.15) is 5.60 Å². The van der Waals surface area contributed by atoms with E-state index in [0.29, 0.717) is 6.54 Å². The maximum atomic E-state index is 11.6. The van der Waals surface area contributed by atoms with Crippen molar-refractivity contribution in [3.05, 3.63) is 18.3 Å². The van der Waals surface area contributed by atoms with Gasteiger partial charge in [0.05, 0.1) is 6.54 Å². The van der Waals surface area contributed by atoms with Crippen LogP contribution in [0.2, 0.25) is 0 Å². The number of nitrogens with zero attached hydrogens (tertiary/aromatic N) is 4. The summed E-state index contributed by atoms with van der Waals surface area (Å²) in [4.78, 5) is 17.6. The van der Waals surface area contributed by atoms with Crippen LogP contribution in [-0.2, 0) is 4.74 Å². The van der Waals surface area contributed by atoms with Gasteiger partial charge in [0.25, 0.3) is 0 Å². The largest absolute Gasteiger partial charge is 0.442 e. The molecule has 1 saturated heterocycles. The Kier molecular flexibility index (Phi) is 3.78. The van der Waals surface area contributed by atoms with E-state index in [-0.39, 0.29) is 0 Å². The quantitative estimate of drug-likeness (QED) is 0.775. The summed E-state index contributed by atoms with van der Waals surface area (Å²) in [5.74, 6) is 0.803. The molecule has 0 spiro atoms. The second kappa shape index (κ2) is 5.34. The predicted octanol–water partition coefficient (Wildman–Crippen LogP) is 2.06. The fourth-order valence-electron chi connectivity index (χ4n) is 1.81. The SMILES string of the molecule is CC(C)(C)OC(=O)N=C1CCN(c2cccnn2)C1. The number of aliphatic imine (C=N–C) groups is 1. The highest BCUT2D eigenvalue weighted by molar-refractivity contribution is 5.98. The molecule has 0 bridgehead atoms. The molecule has 102 valence electrons. The van der Waals surface area contributed by atoms with Gasteiger partial charge in [-0.25, -0.2) is 4.79 Å². The maximum absolute atomic E-state index is 11.6. The van der Waals surface area contributed by atoms with E-state index in [0.717, 1.165) is 24.5 Å². The molecule has 6 heteroatoms. The second-order valence-electron chi connectivity index (χ2n) is 5.41. The molecule has 0 N–H and O–H groups in total. The lowest BCUT2D eigenvalue weighted by Gasteiger charge is -2.17. The number of aromatic nitrogens is 2. The summed E-state index contributed by atoms with van der Waals surface area (Å²) < 4.78 is 5.17. The van der Waals surface area contributed by atoms with Crippen molar-refractivity contribution in [1.82, 2.24) is 10.2 Å². The van der Waals surface area contributed by atoms with Crippen LogP contribution < -0.4 is 4.90 Å². The van der Waals surface area contributed by atoms with Gasteiger partial charge in [-0.3, -0.25) is 0 Å². The van der Waals surface area contributed by atoms with Crippen molar-refractivity contribution in [3.63, 3.8) is 0 Å². The minimum Gasteiger partial charge on any atom is -0.442 e. The summed E-state index contributed by atoms with van der Waals surface area (Å²) in [6.07, 6.45) is 1.86. The molecule has 0 atom stereocenters. The van der Waals surface area contributed by atoms with Crippen molar-refractivity contribution in [2.75, 3.05) is 18.0 Å². The zero-order chi connectivity index (χ0) is 13.9. The highest BCUT2D eigenvalue weighted by Crippen LogP contribution is 2.16. The molecule has 1 aliphatic rings. The summed E-state index contributed by atoms with van der Waals surface area (Å²) in [5.41, 5.74) is 0.310. The number of hydrogen-bond donors (Lipinski definition) is 0. The zero-order valence-electron chi connectivity index (χ0n) is 11.5. The second-order valence-corrected chi connectivity index (χ2v) is 5.41. The molecule has 19 heavy (non-hydrogen) atoms. The van der Waals surface area contributed by atoms with Gasteiger partial charge in [-0.15, -0.1) is 5.10 Å². The van der Waals surface area contributed by atoms with E-state index in [9.17, 15) is 4.79 Å². The average Bonchev–Trinajstić information content (AvgIpc) is 2.76. The topological polar surface area (TPSA) is 67.7 Å². The van der Waals surface area contributed by atoms with Crippen LogP contribution in [0.1, 0.15) is 27.2 Å². The smallest absolute Gasteiger partial charge is 0.434 e. The Hall–Kier alpha value is -1.98. The van der Waals surface area contributed by atoms with Crippen LogP contribution in [0.15, 0.2) is 23.3 Å². The van der Waals surface area contributed by atoms with Gasteiger partial charge in [-0.05, 0) is 32.9 Å². The third kappa shape index (κ3) is 4.01. The summed E-state index contributed by atoms with van der Waals surface area (Å²) in [6, 6.07) is 3.73. The Morgan fingerprint density at radius 2 is 2.26 bits per heavy atom. The minimum absolute atomic E-state index is 0.510. The van der Waals surface area contributed by atoms with E-state index in [1.54, 1.807) is 6.20 Å². The molecule has 0 saturated carbocycles. The van der Waals surface area contributed by atoms with E-state index in [1.807, 2.05) is 37.8 Å². The molecule has 1 aromatic rings. The molecule has 1 aliphatic heterocycles. The first-order valence-corrected chi connectivity index (χ1v) is 6.26. The van der Waals surface area contributed by atoms with Crippen molar-refractivity contribution < 1.29 is 9.53 Å². The van der Waals surface area contributed by atoms with Crippen molar-refractivity contribution in [1.29, 1.82) is 0 Å². The van der Waals surface area contributed by atoms with Gasteiger partial charge in [0.15, 0.2) is 5.82 Å². The fraction of sp³-hybridized carbons (Fsp3) is 0.538. The molecule has 1 fully saturated rings. The Morgan fingerprint density at radius 3 is 2.89 bits per heavy atom. The average molecular weight is 262 g/mol. The lowest BCUT2D eigenvalue weighted by atomic mass is 10.2. The monoisotopic (exact) mass is 262 g/mol. The van der Waals surface area contributed by atoms with Crippen molar-refractivity contribution in [2.45, 2.75) is 32.8 Å². The zero-order valence-corrected chi connectivity index (χ0v) is 11.5. The molecule has 1 aromatic heterocycles. The van der Waals surface area contributed by atoms with E-state index in [1.165, 1.54) is 0 Å². The van der Waals surface area contributed by atoms with Crippen LogP contribution in [0.25, 0.3) is 0 Å². The number of hydrogen-bond acceptors (Lipinski definition) is 5. The first-order valence-electron chi connectivity index (χ1n) is 6.26. The van der Waals surface area contributed by atoms with Gasteiger partial charge in [0, 0.05) is 24.9 Å². The fourth-order valence-corrected chi connectivity index (χ4v) is 1.81. The number of carbonyl (C=O) groups is 1. The Morgan fingerprint density at radius 1 is 1.47 bits per heavy atom. The maximum Gasteiger partial charge on any atom is 0.434 e. The molecule has 0 aromatic carbocycles. The van der Waals surface area contributed by atoms with Crippen LogP contribution in [0.3, 0.4) is 0 Å². The van der Waals surface area contributed by atoms with Crippen molar-refractivity contribution in [2.24, 2.45) is 4.99 Å². The van der Waals surface area contributed by atoms with Crippen LogP contribution in [-0.4, -0.2) is 40.7 Å². The van der Waals surface area contributed by atoms with Crippen LogP contribution >= 0.6 is 0 Å². The Bertz CT molecular complexity index is 479. The Balaban J connectivity index is 1.97. The van der Waals surface area contributed by atoms with Gasteiger partial charge in [-0.2, -0.15) is 10.1 Å². The van der Waals surface area contributed by atoms with Gasteiger partial charge >= 0.3 is 6.09 Å². The number of carbonyl (C=O) groups excluding carboxylic acids is 1. The first kappa shape index (κ1) is 13.5. The standard InChI is InChI=1S/C13H18N4O2/c1-13(2,3)19-12(18)15-10-6-8-17(9-10)11-5-4-7-14-16-11/h4-5,7H,6,8-9H2,1-3H3. The number of anilines is 1. The van der Waals surface area contributed by atoms with Crippen LogP contribution in [0.4, 0.5) is 10.6 Å². The van der Waals surface area contributed by atoms with E-state index in [4.69, 9.17) is 4.74 Å². The first-order chi connectivity index (χ1) is 8.94. The van der Waals surface area contributed by atoms with Gasteiger partial charge < -0.3 is 9.64 Å². The summed E-state index contributed by atoms with van der Waals surface area (Å²) in [6.45, 7) is 6.86. The van der Waals surface area contributed by atoms with E-state index >= 15 is 0 Å². The summed E-state index contributed by atoms with van der Waals surface area (Å²) in [5, 5.41) is 7.88. The summed E-state index contributed by atoms with van der Waals surface area (Å²) >= 11 is 0. The van der Waals surface area contributed by atoms with E-state index in [2.05, 4.69) is 15.2 Å². The molecule has 0 unspecified atom stereocenters. The Labute approximate surface area is 112 Å². The normalized spacial score (nSPS) is 17.8. The predicted molar refractivity (Wildman–Crippen MR) is 72.5 cm³/mol. The molecule has 0 aliphatic carbocycles. The molecule has 0 radical (unpaired) electrons. The molecule has 6 nitrogen and oxygen atoms in total. The van der Waals surface area contributed by atoms with E-state index < -0.39 is 11.7 Å². The third-order valence-electron chi connectivity index (χ3n) is 2.57. The van der Waals surface area contributed by atoms with Crippen LogP contribution in [0.5, 0.6) is 0 Å². The van der Waals surface area contributed by atoms with Crippen molar-refractivity contribution >= 4 is 17.6 Å². The summed E-state index contributed by atoms with van der Waals surface area (Å²) in [7, 11) is 0. The number of rotatable bonds is 1. The lowest BCUT2D eigenvalue weighted by molar-refractivity contribution is 0.0604. The molecule has 1 amide bonds. The number of amides is 1. The molecule has 2 heterocycles. The minimum atomic E-state index is -0.525. The van der Waals surface area contributed by atoms with Crippen molar-refractivity contribution in [3.8, 4) is 0 Å². The lowest BCUT2D eigenvalue weighted by Crippen LogP contribution is -2.24. The molecular weight excluding hydrogens is 244 g/mol. The molecule has 2 rings (SSSR count). The highest BCUT2D eigenvalue weighted by Gasteiger charge is 2.22. The van der Waals surface area contributed by atoms with Gasteiger partial charge in [-0.1, -0.05) is 0 Å². The molecular formula is C13H18N4O2. The highest BCUT2D eigenvalue weighted by atomic mass is 16.6. The van der Waals surface area contributed by atoms with Gasteiger partial charge in [0.2, 0.25) is 0 Å². The van der Waals surface area contributed by atoms with Crippen LogP contribution in [0, 0.1) is 0 Å². The third-order valence-corrected chi connectivity index (χ3v) is 2.57.